The molecule has 134 valence electrons. The average molecular weight is 361 g/mol. The van der Waals surface area contributed by atoms with Crippen LogP contribution in [0, 0.1) is 0 Å². The molecule has 1 fully saturated rings. The summed E-state index contributed by atoms with van der Waals surface area (Å²) in [5.74, 6) is 0.749. The predicted octanol–water partition coefficient (Wildman–Crippen LogP) is 1.84. The van der Waals surface area contributed by atoms with Gasteiger partial charge in [0.2, 0.25) is 5.91 Å². The molecule has 0 aliphatic carbocycles. The molecular weight excluding hydrogens is 338 g/mol. The van der Waals surface area contributed by atoms with E-state index < -0.39 is 0 Å². The van der Waals surface area contributed by atoms with E-state index in [4.69, 9.17) is 9.47 Å². The number of hydrogen-bond acceptors (Lipinski definition) is 6. The summed E-state index contributed by atoms with van der Waals surface area (Å²) >= 11 is 1.61. The van der Waals surface area contributed by atoms with Crippen molar-refractivity contribution in [1.82, 2.24) is 15.2 Å². The Morgan fingerprint density at radius 3 is 2.96 bits per heavy atom. The number of aromatic nitrogens is 1. The minimum atomic E-state index is -0.0332. The van der Waals surface area contributed by atoms with E-state index in [-0.39, 0.29) is 5.91 Å². The standard InChI is InChI=1S/C18H23N3O3S/c1-23-16-5-3-2-4-14(16)11-19-17(22)10-15-13-25-18(20-15)12-21-6-8-24-9-7-21/h2-5,13H,6-12H2,1H3,(H,19,22). The van der Waals surface area contributed by atoms with Gasteiger partial charge in [0, 0.05) is 30.6 Å². The third-order valence-corrected chi connectivity index (χ3v) is 4.95. The molecule has 1 aliphatic heterocycles. The molecule has 1 N–H and O–H groups in total. The predicted molar refractivity (Wildman–Crippen MR) is 96.8 cm³/mol. The molecule has 1 aliphatic rings. The number of methoxy groups -OCH3 is 1. The molecule has 2 heterocycles. The summed E-state index contributed by atoms with van der Waals surface area (Å²) in [5, 5.41) is 5.95. The first kappa shape index (κ1) is 17.8. The molecule has 1 saturated heterocycles. The van der Waals surface area contributed by atoms with Gasteiger partial charge in [0.1, 0.15) is 10.8 Å². The maximum Gasteiger partial charge on any atom is 0.226 e. The normalized spacial score (nSPS) is 15.1. The van der Waals surface area contributed by atoms with Crippen molar-refractivity contribution >= 4 is 17.2 Å². The van der Waals surface area contributed by atoms with Gasteiger partial charge in [-0.05, 0) is 6.07 Å². The second-order valence-corrected chi connectivity index (χ2v) is 6.83. The molecule has 1 aromatic heterocycles. The molecule has 1 aromatic carbocycles. The van der Waals surface area contributed by atoms with Crippen molar-refractivity contribution in [1.29, 1.82) is 0 Å². The van der Waals surface area contributed by atoms with E-state index in [9.17, 15) is 4.79 Å². The molecule has 0 spiro atoms. The van der Waals surface area contributed by atoms with Gasteiger partial charge in [-0.2, -0.15) is 0 Å². The Morgan fingerprint density at radius 2 is 2.16 bits per heavy atom. The van der Waals surface area contributed by atoms with Crippen LogP contribution in [0.2, 0.25) is 0 Å². The van der Waals surface area contributed by atoms with Crippen molar-refractivity contribution < 1.29 is 14.3 Å². The molecule has 0 bridgehead atoms. The maximum absolute atomic E-state index is 12.2. The molecule has 25 heavy (non-hydrogen) atoms. The van der Waals surface area contributed by atoms with Gasteiger partial charge in [0.05, 0.1) is 39.0 Å². The summed E-state index contributed by atoms with van der Waals surface area (Å²) in [6, 6.07) is 7.68. The van der Waals surface area contributed by atoms with Crippen LogP contribution >= 0.6 is 11.3 Å². The third-order valence-electron chi connectivity index (χ3n) is 4.07. The fourth-order valence-electron chi connectivity index (χ4n) is 2.72. The highest BCUT2D eigenvalue weighted by Gasteiger charge is 2.14. The number of carbonyl (C=O) groups excluding carboxylic acids is 1. The van der Waals surface area contributed by atoms with Crippen LogP contribution in [0.5, 0.6) is 5.75 Å². The minimum absolute atomic E-state index is 0.0332. The monoisotopic (exact) mass is 361 g/mol. The average Bonchev–Trinajstić information content (AvgIpc) is 3.07. The Labute approximate surface area is 151 Å². The van der Waals surface area contributed by atoms with E-state index in [1.165, 1.54) is 0 Å². The number of hydrogen-bond donors (Lipinski definition) is 1. The molecule has 1 amide bonds. The first-order chi connectivity index (χ1) is 12.2. The number of rotatable bonds is 7. The zero-order valence-electron chi connectivity index (χ0n) is 14.4. The zero-order chi connectivity index (χ0) is 17.5. The van der Waals surface area contributed by atoms with Crippen LogP contribution in [-0.4, -0.2) is 49.2 Å². The van der Waals surface area contributed by atoms with Gasteiger partial charge in [-0.15, -0.1) is 11.3 Å². The Bertz CT molecular complexity index is 698. The number of nitrogens with zero attached hydrogens (tertiary/aromatic N) is 2. The van der Waals surface area contributed by atoms with Crippen molar-refractivity contribution in [2.24, 2.45) is 0 Å². The SMILES string of the molecule is COc1ccccc1CNC(=O)Cc1csc(CN2CCOCC2)n1. The topological polar surface area (TPSA) is 63.7 Å². The van der Waals surface area contributed by atoms with Crippen LogP contribution in [0.15, 0.2) is 29.6 Å². The number of para-hydroxylation sites is 1. The first-order valence-electron chi connectivity index (χ1n) is 8.36. The highest BCUT2D eigenvalue weighted by atomic mass is 32.1. The summed E-state index contributed by atoms with van der Waals surface area (Å²) in [7, 11) is 1.63. The highest BCUT2D eigenvalue weighted by molar-refractivity contribution is 7.09. The Kier molecular flexibility index (Phi) is 6.38. The van der Waals surface area contributed by atoms with Crippen molar-refractivity contribution in [3.8, 4) is 5.75 Å². The lowest BCUT2D eigenvalue weighted by Gasteiger charge is -2.25. The number of nitrogens with one attached hydrogen (secondary N) is 1. The third kappa shape index (κ3) is 5.26. The van der Waals surface area contributed by atoms with E-state index >= 15 is 0 Å². The molecule has 0 saturated carbocycles. The summed E-state index contributed by atoms with van der Waals surface area (Å²) < 4.78 is 10.7. The number of ether oxygens (including phenoxy) is 2. The first-order valence-corrected chi connectivity index (χ1v) is 9.24. The quantitative estimate of drug-likeness (QED) is 0.815. The fraction of sp³-hybridized carbons (Fsp3) is 0.444. The van der Waals surface area contributed by atoms with E-state index in [1.807, 2.05) is 29.6 Å². The summed E-state index contributed by atoms with van der Waals surface area (Å²) in [6.07, 6.45) is 0.300. The summed E-state index contributed by atoms with van der Waals surface area (Å²) in [4.78, 5) is 19.1. The minimum Gasteiger partial charge on any atom is -0.496 e. The van der Waals surface area contributed by atoms with E-state index in [0.717, 1.165) is 54.9 Å². The second kappa shape index (κ2) is 8.94. The van der Waals surface area contributed by atoms with Crippen molar-refractivity contribution in [3.05, 3.63) is 45.9 Å². The van der Waals surface area contributed by atoms with Gasteiger partial charge in [-0.25, -0.2) is 4.98 Å². The van der Waals surface area contributed by atoms with E-state index in [2.05, 4.69) is 15.2 Å². The summed E-state index contributed by atoms with van der Waals surface area (Å²) in [5.41, 5.74) is 1.79. The largest absolute Gasteiger partial charge is 0.496 e. The lowest BCUT2D eigenvalue weighted by Crippen LogP contribution is -2.35. The Morgan fingerprint density at radius 1 is 1.36 bits per heavy atom. The van der Waals surface area contributed by atoms with Crippen LogP contribution in [0.25, 0.3) is 0 Å². The fourth-order valence-corrected chi connectivity index (χ4v) is 3.56. The van der Waals surface area contributed by atoms with Crippen LogP contribution < -0.4 is 10.1 Å². The van der Waals surface area contributed by atoms with Crippen molar-refractivity contribution in [3.63, 3.8) is 0 Å². The van der Waals surface area contributed by atoms with Gasteiger partial charge in [0.15, 0.2) is 0 Å². The molecule has 3 rings (SSSR count). The molecule has 0 unspecified atom stereocenters. The van der Waals surface area contributed by atoms with Crippen LogP contribution in [0.1, 0.15) is 16.3 Å². The number of amides is 1. The molecule has 6 nitrogen and oxygen atoms in total. The number of thiazole rings is 1. The lowest BCUT2D eigenvalue weighted by molar-refractivity contribution is -0.120. The van der Waals surface area contributed by atoms with Crippen LogP contribution in [0.4, 0.5) is 0 Å². The summed E-state index contributed by atoms with van der Waals surface area (Å²) in [6.45, 7) is 4.72. The number of benzene rings is 1. The van der Waals surface area contributed by atoms with Crippen LogP contribution in [0.3, 0.4) is 0 Å². The molecule has 0 atom stereocenters. The molecule has 2 aromatic rings. The van der Waals surface area contributed by atoms with E-state index in [0.29, 0.717) is 13.0 Å². The van der Waals surface area contributed by atoms with Gasteiger partial charge >= 0.3 is 0 Å². The highest BCUT2D eigenvalue weighted by Crippen LogP contribution is 2.17. The van der Waals surface area contributed by atoms with E-state index in [1.54, 1.807) is 18.4 Å². The molecule has 0 radical (unpaired) electrons. The lowest BCUT2D eigenvalue weighted by atomic mass is 10.2. The smallest absolute Gasteiger partial charge is 0.226 e. The van der Waals surface area contributed by atoms with Gasteiger partial charge < -0.3 is 14.8 Å². The zero-order valence-corrected chi connectivity index (χ0v) is 15.2. The van der Waals surface area contributed by atoms with Crippen LogP contribution in [-0.2, 0) is 29.0 Å². The molecule has 7 heteroatoms. The Balaban J connectivity index is 1.48. The Hall–Kier alpha value is -1.96. The number of carbonyl (C=O) groups is 1. The molecular formula is C18H23N3O3S. The number of morpholine rings is 1. The van der Waals surface area contributed by atoms with Crippen molar-refractivity contribution in [2.75, 3.05) is 33.4 Å². The second-order valence-electron chi connectivity index (χ2n) is 5.89. The van der Waals surface area contributed by atoms with Gasteiger partial charge in [-0.1, -0.05) is 18.2 Å². The van der Waals surface area contributed by atoms with Gasteiger partial charge in [0.25, 0.3) is 0 Å². The maximum atomic E-state index is 12.2. The van der Waals surface area contributed by atoms with Crippen molar-refractivity contribution in [2.45, 2.75) is 19.5 Å². The van der Waals surface area contributed by atoms with Gasteiger partial charge in [-0.3, -0.25) is 9.69 Å².